The van der Waals surface area contributed by atoms with Crippen LogP contribution in [0.5, 0.6) is 5.75 Å². The Labute approximate surface area is 232 Å². The summed E-state index contributed by atoms with van der Waals surface area (Å²) in [7, 11) is 0. The minimum atomic E-state index is -1.13. The van der Waals surface area contributed by atoms with E-state index in [1.54, 1.807) is 12.1 Å². The number of amides is 2. The third kappa shape index (κ3) is 7.24. The number of hydrogen-bond acceptors (Lipinski definition) is 9. The quantitative estimate of drug-likeness (QED) is 0.223. The van der Waals surface area contributed by atoms with Crippen molar-refractivity contribution >= 4 is 45.4 Å². The van der Waals surface area contributed by atoms with E-state index >= 15 is 0 Å². The van der Waals surface area contributed by atoms with Crippen LogP contribution in [0.25, 0.3) is 0 Å². The van der Waals surface area contributed by atoms with E-state index in [9.17, 15) is 35.0 Å². The molecule has 2 aromatic carbocycles. The molecule has 1 aliphatic heterocycles. The molecule has 2 amide bonds. The zero-order valence-corrected chi connectivity index (χ0v) is 22.3. The topological polar surface area (TPSA) is 196 Å². The van der Waals surface area contributed by atoms with E-state index in [1.165, 1.54) is 18.2 Å². The predicted octanol–water partition coefficient (Wildman–Crippen LogP) is 1.50. The van der Waals surface area contributed by atoms with E-state index in [4.69, 9.17) is 0 Å². The summed E-state index contributed by atoms with van der Waals surface area (Å²) < 4.78 is 0.660. The largest absolute Gasteiger partial charge is 0.508 e. The van der Waals surface area contributed by atoms with Crippen molar-refractivity contribution in [3.05, 3.63) is 57.6 Å². The summed E-state index contributed by atoms with van der Waals surface area (Å²) in [6.45, 7) is 0.0683. The number of phenols is 1. The van der Waals surface area contributed by atoms with Gasteiger partial charge < -0.3 is 36.6 Å². The molecule has 2 atom stereocenters. The molecule has 7 N–H and O–H groups in total. The molecule has 0 radical (unpaired) electrons. The number of aliphatic hydroxyl groups excluding tert-OH is 1. The summed E-state index contributed by atoms with van der Waals surface area (Å²) in [4.78, 5) is 41.1. The number of aliphatic imine (C=N–C) groups is 1. The minimum Gasteiger partial charge on any atom is -0.508 e. The number of carboxylic acids is 1. The van der Waals surface area contributed by atoms with Crippen LogP contribution >= 0.6 is 15.9 Å². The van der Waals surface area contributed by atoms with Crippen LogP contribution in [-0.2, 0) is 15.0 Å². The molecule has 0 spiro atoms. The summed E-state index contributed by atoms with van der Waals surface area (Å²) >= 11 is 3.41. The van der Waals surface area contributed by atoms with E-state index in [0.29, 0.717) is 41.1 Å². The molecule has 204 valence electrons. The molecule has 12 nitrogen and oxygen atoms in total. The highest BCUT2D eigenvalue weighted by Crippen LogP contribution is 2.48. The molecular weight excluding hydrogens is 572 g/mol. The van der Waals surface area contributed by atoms with Gasteiger partial charge in [0.2, 0.25) is 5.91 Å². The van der Waals surface area contributed by atoms with Gasteiger partial charge in [-0.3, -0.25) is 19.4 Å². The minimum absolute atomic E-state index is 0.0756. The molecule has 1 fully saturated rings. The fraction of sp³-hybridized carbons (Fsp3) is 0.346. The number of carbonyl (C=O) groups excluding carboxylic acids is 2. The van der Waals surface area contributed by atoms with Crippen LogP contribution in [0.2, 0.25) is 0 Å². The maximum atomic E-state index is 12.7. The number of nitriles is 1. The Morgan fingerprint density at radius 1 is 1.21 bits per heavy atom. The lowest BCUT2D eigenvalue weighted by Crippen LogP contribution is -2.42. The monoisotopic (exact) mass is 598 g/mol. The first-order chi connectivity index (χ1) is 18.6. The number of aromatic hydroxyl groups is 1. The number of aliphatic carboxylic acids is 1. The van der Waals surface area contributed by atoms with Crippen molar-refractivity contribution in [3.8, 4) is 11.8 Å². The molecule has 1 saturated carbocycles. The van der Waals surface area contributed by atoms with Crippen molar-refractivity contribution < 1.29 is 29.7 Å². The molecule has 2 aliphatic rings. The second kappa shape index (κ2) is 11.7. The second-order valence-electron chi connectivity index (χ2n) is 9.49. The molecule has 0 aromatic heterocycles. The smallest absolute Gasteiger partial charge is 0.305 e. The lowest BCUT2D eigenvalue weighted by molar-refractivity contribution is -0.137. The van der Waals surface area contributed by atoms with Crippen LogP contribution in [0.3, 0.4) is 0 Å². The van der Waals surface area contributed by atoms with Crippen molar-refractivity contribution in [1.29, 1.82) is 5.26 Å². The van der Waals surface area contributed by atoms with Crippen LogP contribution in [0.15, 0.2) is 45.9 Å². The number of nitrogens with zero attached hydrogens (tertiary/aromatic N) is 2. The Kier molecular flexibility index (Phi) is 8.37. The number of phenolic OH excluding ortho intramolecular Hbond substituents is 1. The average molecular weight is 599 g/mol. The van der Waals surface area contributed by atoms with Gasteiger partial charge in [-0.25, -0.2) is 0 Å². The predicted molar refractivity (Wildman–Crippen MR) is 144 cm³/mol. The molecule has 1 unspecified atom stereocenters. The van der Waals surface area contributed by atoms with Crippen molar-refractivity contribution in [1.82, 2.24) is 16.0 Å². The van der Waals surface area contributed by atoms with Crippen LogP contribution in [0, 0.1) is 11.3 Å². The number of hydrogen-bond donors (Lipinski definition) is 7. The number of anilines is 1. The van der Waals surface area contributed by atoms with E-state index < -0.39 is 48.3 Å². The Balaban J connectivity index is 1.41. The van der Waals surface area contributed by atoms with Crippen LogP contribution in [0.1, 0.15) is 46.8 Å². The Morgan fingerprint density at radius 3 is 2.62 bits per heavy atom. The second-order valence-corrected chi connectivity index (χ2v) is 10.4. The Bertz CT molecular complexity index is 1370. The molecule has 0 bridgehead atoms. The van der Waals surface area contributed by atoms with Crippen molar-refractivity contribution in [2.45, 2.75) is 36.8 Å². The molecule has 1 aliphatic carbocycles. The Hall–Kier alpha value is -4.15. The average Bonchev–Trinajstić information content (AvgIpc) is 3.69. The highest BCUT2D eigenvalue weighted by Gasteiger charge is 2.45. The number of guanidine groups is 1. The lowest BCUT2D eigenvalue weighted by atomic mass is 9.93. The molecular formula is C26H27BrN6O6. The SMILES string of the molecule is N#CC1(c2cc(Br)cc([C@H](CC(=O)O)NC(=O)CNC(=O)c3cc(O)cc(NC4=NCC(O)CN4)c3)c2)CC1. The van der Waals surface area contributed by atoms with Crippen molar-refractivity contribution in [2.24, 2.45) is 4.99 Å². The van der Waals surface area contributed by atoms with Gasteiger partial charge in [0, 0.05) is 28.3 Å². The highest BCUT2D eigenvalue weighted by molar-refractivity contribution is 9.10. The number of aliphatic hydroxyl groups is 1. The fourth-order valence-corrected chi connectivity index (χ4v) is 4.69. The zero-order chi connectivity index (χ0) is 28.2. The first kappa shape index (κ1) is 27.9. The standard InChI is InChI=1S/C26H27BrN6O6/c27-17-4-14(3-16(7-17)26(13-28)1-2-26)21(9-23(37)38)33-22(36)12-29-24(39)15-5-18(8-19(34)6-15)32-25-30-10-20(35)11-31-25/h3-8,20-21,34-35H,1-2,9-12H2,(H,29,39)(H,33,36)(H,37,38)(H2,30,31,32)/t21-/m0/s1. The molecule has 13 heteroatoms. The number of nitrogens with one attached hydrogen (secondary N) is 4. The molecule has 39 heavy (non-hydrogen) atoms. The zero-order valence-electron chi connectivity index (χ0n) is 20.7. The number of β-amino-alcohol motifs (C(OH)–C–C–N with tert-alkyl or cyclic N) is 1. The molecule has 4 rings (SSSR count). The molecule has 2 aromatic rings. The van der Waals surface area contributed by atoms with Gasteiger partial charge >= 0.3 is 5.97 Å². The van der Waals surface area contributed by atoms with E-state index in [2.05, 4.69) is 48.3 Å². The van der Waals surface area contributed by atoms with Gasteiger partial charge in [-0.2, -0.15) is 5.26 Å². The van der Waals surface area contributed by atoms with E-state index in [0.717, 1.165) is 5.56 Å². The summed E-state index contributed by atoms with van der Waals surface area (Å²) in [5, 5.41) is 49.5. The highest BCUT2D eigenvalue weighted by atomic mass is 79.9. The molecule has 0 saturated heterocycles. The molecule has 1 heterocycles. The summed E-state index contributed by atoms with van der Waals surface area (Å²) in [6.07, 6.45) is 0.425. The van der Waals surface area contributed by atoms with Gasteiger partial charge in [0.1, 0.15) is 5.75 Å². The van der Waals surface area contributed by atoms with Gasteiger partial charge in [-0.05, 0) is 48.2 Å². The maximum Gasteiger partial charge on any atom is 0.305 e. The van der Waals surface area contributed by atoms with Gasteiger partial charge in [0.25, 0.3) is 5.91 Å². The fourth-order valence-electron chi connectivity index (χ4n) is 4.18. The Morgan fingerprint density at radius 2 is 1.97 bits per heavy atom. The lowest BCUT2D eigenvalue weighted by Gasteiger charge is -2.20. The van der Waals surface area contributed by atoms with E-state index in [1.807, 2.05) is 6.07 Å². The van der Waals surface area contributed by atoms with E-state index in [-0.39, 0.29) is 17.9 Å². The third-order valence-corrected chi connectivity index (χ3v) is 6.83. The first-order valence-electron chi connectivity index (χ1n) is 12.2. The van der Waals surface area contributed by atoms with Crippen LogP contribution in [0.4, 0.5) is 5.69 Å². The first-order valence-corrected chi connectivity index (χ1v) is 13.0. The summed E-state index contributed by atoms with van der Waals surface area (Å²) in [5.74, 6) is -2.20. The number of rotatable bonds is 9. The summed E-state index contributed by atoms with van der Waals surface area (Å²) in [6, 6.07) is 10.7. The van der Waals surface area contributed by atoms with Crippen LogP contribution in [-0.4, -0.2) is 64.8 Å². The van der Waals surface area contributed by atoms with Gasteiger partial charge in [-0.1, -0.05) is 22.0 Å². The van der Waals surface area contributed by atoms with Gasteiger partial charge in [0.05, 0.1) is 43.1 Å². The van der Waals surface area contributed by atoms with Crippen molar-refractivity contribution in [3.63, 3.8) is 0 Å². The number of halogens is 1. The van der Waals surface area contributed by atoms with Crippen molar-refractivity contribution in [2.75, 3.05) is 25.0 Å². The van der Waals surface area contributed by atoms with Gasteiger partial charge in [-0.15, -0.1) is 0 Å². The number of carboxylic acid groups (broad SMARTS) is 1. The van der Waals surface area contributed by atoms with Crippen LogP contribution < -0.4 is 21.3 Å². The summed E-state index contributed by atoms with van der Waals surface area (Å²) in [5.41, 5.74) is 1.13. The third-order valence-electron chi connectivity index (χ3n) is 6.37. The van der Waals surface area contributed by atoms with Gasteiger partial charge in [0.15, 0.2) is 5.96 Å². The number of benzene rings is 2. The normalized spacial score (nSPS) is 18.0. The number of carbonyl (C=O) groups is 3. The maximum absolute atomic E-state index is 12.7.